The summed E-state index contributed by atoms with van der Waals surface area (Å²) in [5.41, 5.74) is 3.78. The molecule has 0 atom stereocenters. The summed E-state index contributed by atoms with van der Waals surface area (Å²) in [5.74, 6) is 0. The van der Waals surface area contributed by atoms with Crippen molar-refractivity contribution in [3.05, 3.63) is 62.7 Å². The van der Waals surface area contributed by atoms with Crippen molar-refractivity contribution < 1.29 is 0 Å². The molecule has 0 aliphatic carbocycles. The zero-order chi connectivity index (χ0) is 17.8. The zero-order valence-corrected chi connectivity index (χ0v) is 15.4. The van der Waals surface area contributed by atoms with E-state index in [0.29, 0.717) is 5.02 Å². The molecule has 0 unspecified atom stereocenters. The number of H-pyrrole nitrogens is 1. The van der Waals surface area contributed by atoms with Crippen LogP contribution in [-0.2, 0) is 13.0 Å². The SMILES string of the molecule is CC=N/C(=C\CC)CN1CCc2c([nH]n(-c3ccc(Cl)cc3)c2=O)C1. The van der Waals surface area contributed by atoms with Crippen LogP contribution >= 0.6 is 11.6 Å². The van der Waals surface area contributed by atoms with Crippen LogP contribution in [0.2, 0.25) is 5.02 Å². The van der Waals surface area contributed by atoms with Gasteiger partial charge in [-0.1, -0.05) is 24.6 Å². The van der Waals surface area contributed by atoms with Gasteiger partial charge in [0.05, 0.1) is 11.4 Å². The van der Waals surface area contributed by atoms with Gasteiger partial charge in [0, 0.05) is 42.1 Å². The van der Waals surface area contributed by atoms with Gasteiger partial charge >= 0.3 is 0 Å². The minimum atomic E-state index is 0.0351. The summed E-state index contributed by atoms with van der Waals surface area (Å²) in [6.07, 6.45) is 5.70. The molecule has 1 N–H and O–H groups in total. The van der Waals surface area contributed by atoms with E-state index in [-0.39, 0.29) is 5.56 Å². The van der Waals surface area contributed by atoms with Crippen LogP contribution in [0.25, 0.3) is 5.69 Å². The lowest BCUT2D eigenvalue weighted by molar-refractivity contribution is 0.271. The van der Waals surface area contributed by atoms with E-state index in [1.807, 2.05) is 25.3 Å². The minimum absolute atomic E-state index is 0.0351. The summed E-state index contributed by atoms with van der Waals surface area (Å²) < 4.78 is 1.61. The molecule has 25 heavy (non-hydrogen) atoms. The Balaban J connectivity index is 1.82. The second kappa shape index (κ2) is 7.85. The highest BCUT2D eigenvalue weighted by molar-refractivity contribution is 6.30. The molecule has 0 saturated heterocycles. The maximum Gasteiger partial charge on any atom is 0.274 e. The van der Waals surface area contributed by atoms with Crippen molar-refractivity contribution in [2.24, 2.45) is 4.99 Å². The van der Waals surface area contributed by atoms with Crippen LogP contribution in [0.3, 0.4) is 0 Å². The van der Waals surface area contributed by atoms with Crippen LogP contribution < -0.4 is 5.56 Å². The number of halogens is 1. The Bertz CT molecular complexity index is 845. The molecule has 6 heteroatoms. The maximum absolute atomic E-state index is 12.7. The van der Waals surface area contributed by atoms with Crippen molar-refractivity contribution in [1.82, 2.24) is 14.7 Å². The molecule has 3 rings (SSSR count). The number of hydrogen-bond acceptors (Lipinski definition) is 3. The normalized spacial score (nSPS) is 15.7. The molecular formula is C19H23ClN4O. The lowest BCUT2D eigenvalue weighted by Gasteiger charge is -2.25. The van der Waals surface area contributed by atoms with Crippen LogP contribution in [-0.4, -0.2) is 34.0 Å². The van der Waals surface area contributed by atoms with Crippen LogP contribution in [0.5, 0.6) is 0 Å². The number of aliphatic imine (C=N–C) groups is 1. The molecule has 1 aliphatic heterocycles. The largest absolute Gasteiger partial charge is 0.293 e. The van der Waals surface area contributed by atoms with Crippen molar-refractivity contribution in [3.63, 3.8) is 0 Å². The number of rotatable bonds is 5. The molecule has 1 aromatic carbocycles. The first-order chi connectivity index (χ1) is 12.1. The number of allylic oxidation sites excluding steroid dienone is 1. The van der Waals surface area contributed by atoms with Crippen molar-refractivity contribution >= 4 is 17.8 Å². The highest BCUT2D eigenvalue weighted by Crippen LogP contribution is 2.18. The highest BCUT2D eigenvalue weighted by atomic mass is 35.5. The molecule has 5 nitrogen and oxygen atoms in total. The van der Waals surface area contributed by atoms with E-state index in [0.717, 1.165) is 55.1 Å². The molecule has 1 aliphatic rings. The molecule has 0 radical (unpaired) electrons. The van der Waals surface area contributed by atoms with Gasteiger partial charge in [0.1, 0.15) is 0 Å². The number of aromatic amines is 1. The number of nitrogens with one attached hydrogen (secondary N) is 1. The molecule has 2 heterocycles. The molecule has 0 amide bonds. The van der Waals surface area contributed by atoms with E-state index in [4.69, 9.17) is 11.6 Å². The summed E-state index contributed by atoms with van der Waals surface area (Å²) in [5, 5.41) is 3.92. The lowest BCUT2D eigenvalue weighted by atomic mass is 10.1. The molecule has 0 fully saturated rings. The fourth-order valence-corrected chi connectivity index (χ4v) is 3.30. The monoisotopic (exact) mass is 358 g/mol. The Morgan fingerprint density at radius 3 is 2.80 bits per heavy atom. The number of nitrogens with zero attached hydrogens (tertiary/aromatic N) is 3. The van der Waals surface area contributed by atoms with Crippen LogP contribution in [0.1, 0.15) is 31.5 Å². The summed E-state index contributed by atoms with van der Waals surface area (Å²) in [6, 6.07) is 7.28. The van der Waals surface area contributed by atoms with Crippen LogP contribution in [0, 0.1) is 0 Å². The van der Waals surface area contributed by atoms with Crippen molar-refractivity contribution in [1.29, 1.82) is 0 Å². The maximum atomic E-state index is 12.7. The smallest absolute Gasteiger partial charge is 0.274 e. The second-order valence-electron chi connectivity index (χ2n) is 6.14. The van der Waals surface area contributed by atoms with Gasteiger partial charge in [-0.3, -0.25) is 19.8 Å². The fourth-order valence-electron chi connectivity index (χ4n) is 3.17. The third-order valence-electron chi connectivity index (χ3n) is 4.34. The first-order valence-electron chi connectivity index (χ1n) is 8.61. The molecule has 2 aromatic rings. The molecule has 0 spiro atoms. The van der Waals surface area contributed by atoms with E-state index in [9.17, 15) is 4.79 Å². The third kappa shape index (κ3) is 3.94. The van der Waals surface area contributed by atoms with E-state index < -0.39 is 0 Å². The summed E-state index contributed by atoms with van der Waals surface area (Å²) in [6.45, 7) is 6.43. The minimum Gasteiger partial charge on any atom is -0.293 e. The molecule has 0 saturated carbocycles. The molecular weight excluding hydrogens is 336 g/mol. The van der Waals surface area contributed by atoms with Gasteiger partial charge in [-0.15, -0.1) is 0 Å². The molecule has 0 bridgehead atoms. The van der Waals surface area contributed by atoms with Crippen molar-refractivity contribution in [2.45, 2.75) is 33.2 Å². The number of fused-ring (bicyclic) bond motifs is 1. The van der Waals surface area contributed by atoms with Gasteiger partial charge in [0.25, 0.3) is 5.56 Å². The topological polar surface area (TPSA) is 53.4 Å². The summed E-state index contributed by atoms with van der Waals surface area (Å²) >= 11 is 5.94. The van der Waals surface area contributed by atoms with Gasteiger partial charge in [0.2, 0.25) is 0 Å². The summed E-state index contributed by atoms with van der Waals surface area (Å²) in [7, 11) is 0. The summed E-state index contributed by atoms with van der Waals surface area (Å²) in [4.78, 5) is 19.4. The molecule has 1 aromatic heterocycles. The predicted molar refractivity (Wildman–Crippen MR) is 103 cm³/mol. The average Bonchev–Trinajstić information content (AvgIpc) is 2.92. The Labute approximate surface area is 152 Å². The van der Waals surface area contributed by atoms with Gasteiger partial charge in [-0.25, -0.2) is 4.68 Å². The standard InChI is InChI=1S/C19H23ClN4O/c1-3-5-15(21-4-2)12-23-11-10-17-18(13-23)22-24(19(17)25)16-8-6-14(20)7-9-16/h4-9,22H,3,10-13H2,1-2H3/b15-5-,21-4?. The average molecular weight is 359 g/mol. The first kappa shape index (κ1) is 17.7. The van der Waals surface area contributed by atoms with Gasteiger partial charge in [-0.2, -0.15) is 0 Å². The number of benzene rings is 1. The van der Waals surface area contributed by atoms with Gasteiger partial charge in [0.15, 0.2) is 0 Å². The Hall–Kier alpha value is -2.11. The third-order valence-corrected chi connectivity index (χ3v) is 4.59. The van der Waals surface area contributed by atoms with Gasteiger partial charge in [-0.05, 0) is 44.0 Å². The Morgan fingerprint density at radius 2 is 2.12 bits per heavy atom. The fraction of sp³-hybridized carbons (Fsp3) is 0.368. The van der Waals surface area contributed by atoms with Crippen LogP contribution in [0.15, 0.2) is 45.8 Å². The highest BCUT2D eigenvalue weighted by Gasteiger charge is 2.23. The van der Waals surface area contributed by atoms with E-state index >= 15 is 0 Å². The van der Waals surface area contributed by atoms with Crippen molar-refractivity contribution in [3.8, 4) is 5.69 Å². The van der Waals surface area contributed by atoms with E-state index in [2.05, 4.69) is 28.0 Å². The Morgan fingerprint density at radius 1 is 1.36 bits per heavy atom. The van der Waals surface area contributed by atoms with Crippen molar-refractivity contribution in [2.75, 3.05) is 13.1 Å². The number of aromatic nitrogens is 2. The van der Waals surface area contributed by atoms with Gasteiger partial charge < -0.3 is 0 Å². The zero-order valence-electron chi connectivity index (χ0n) is 14.6. The number of hydrogen-bond donors (Lipinski definition) is 1. The van der Waals surface area contributed by atoms with Crippen LogP contribution in [0.4, 0.5) is 0 Å². The Kier molecular flexibility index (Phi) is 5.56. The van der Waals surface area contributed by atoms with E-state index in [1.165, 1.54) is 0 Å². The lowest BCUT2D eigenvalue weighted by Crippen LogP contribution is -2.33. The van der Waals surface area contributed by atoms with E-state index in [1.54, 1.807) is 16.8 Å². The quantitative estimate of drug-likeness (QED) is 0.831. The second-order valence-corrected chi connectivity index (χ2v) is 6.57. The molecule has 132 valence electrons. The first-order valence-corrected chi connectivity index (χ1v) is 8.99. The predicted octanol–water partition coefficient (Wildman–Crippen LogP) is 3.56.